The summed E-state index contributed by atoms with van der Waals surface area (Å²) in [5.74, 6) is -1.16. The summed E-state index contributed by atoms with van der Waals surface area (Å²) in [6.07, 6.45) is -0.155. The van der Waals surface area contributed by atoms with Crippen molar-refractivity contribution in [2.45, 2.75) is 24.6 Å². The number of nitrogens with zero attached hydrogens (tertiary/aromatic N) is 1. The zero-order valence-corrected chi connectivity index (χ0v) is 14.2. The highest BCUT2D eigenvalue weighted by molar-refractivity contribution is 8.00. The second-order valence-electron chi connectivity index (χ2n) is 5.16. The molecule has 0 saturated carbocycles. The fraction of sp³-hybridized carbons (Fsp3) is 0.400. The van der Waals surface area contributed by atoms with Crippen molar-refractivity contribution in [1.82, 2.24) is 5.32 Å². The Morgan fingerprint density at radius 1 is 1.44 bits per heavy atom. The van der Waals surface area contributed by atoms with Gasteiger partial charge in [-0.1, -0.05) is 12.1 Å². The number of anilines is 1. The first kappa shape index (κ1) is 18.7. The van der Waals surface area contributed by atoms with E-state index < -0.39 is 34.0 Å². The summed E-state index contributed by atoms with van der Waals surface area (Å²) in [5.41, 5.74) is -0.151. The monoisotopic (exact) mass is 367 g/mol. The Morgan fingerprint density at radius 2 is 2.16 bits per heavy atom. The molecule has 0 unspecified atom stereocenters. The van der Waals surface area contributed by atoms with Gasteiger partial charge in [-0.25, -0.2) is 4.79 Å². The number of thioether (sulfide) groups is 1. The van der Waals surface area contributed by atoms with E-state index in [-0.39, 0.29) is 24.4 Å². The van der Waals surface area contributed by atoms with Gasteiger partial charge in [0.15, 0.2) is 0 Å². The Balaban J connectivity index is 1.93. The van der Waals surface area contributed by atoms with Crippen molar-refractivity contribution in [3.05, 3.63) is 34.4 Å². The summed E-state index contributed by atoms with van der Waals surface area (Å²) in [5, 5.41) is 15.2. The van der Waals surface area contributed by atoms with Crippen molar-refractivity contribution in [3.63, 3.8) is 0 Å². The highest BCUT2D eigenvalue weighted by Crippen LogP contribution is 2.25. The highest BCUT2D eigenvalue weighted by atomic mass is 32.2. The number of nitro benzene ring substituents is 1. The number of para-hydroxylation sites is 2. The standard InChI is InChI=1S/C15H17N3O6S/c1-2-24-15(21)10-8-25-12(14(20)17-10)7-13(19)16-9-5-3-4-6-11(9)18(22)23/h3-6,10,12H,2,7-8H2,1H3,(H,16,19)(H,17,20)/t10-,12-/m0/s1. The molecule has 0 radical (unpaired) electrons. The molecule has 1 aliphatic heterocycles. The molecule has 1 fully saturated rings. The van der Waals surface area contributed by atoms with E-state index >= 15 is 0 Å². The molecular formula is C15H17N3O6S. The van der Waals surface area contributed by atoms with Crippen molar-refractivity contribution < 1.29 is 24.0 Å². The third-order valence-electron chi connectivity index (χ3n) is 3.39. The molecule has 1 aromatic carbocycles. The summed E-state index contributed by atoms with van der Waals surface area (Å²) in [6, 6.07) is 5.03. The van der Waals surface area contributed by atoms with Crippen molar-refractivity contribution in [2.24, 2.45) is 0 Å². The minimum atomic E-state index is -0.730. The van der Waals surface area contributed by atoms with Gasteiger partial charge in [-0.3, -0.25) is 19.7 Å². The van der Waals surface area contributed by atoms with Crippen molar-refractivity contribution in [2.75, 3.05) is 17.7 Å². The van der Waals surface area contributed by atoms with E-state index in [1.165, 1.54) is 30.0 Å². The zero-order chi connectivity index (χ0) is 18.4. The lowest BCUT2D eigenvalue weighted by Gasteiger charge is -2.27. The molecule has 0 bridgehead atoms. The molecule has 0 aromatic heterocycles. The number of esters is 1. The molecule has 0 aliphatic carbocycles. The van der Waals surface area contributed by atoms with E-state index in [9.17, 15) is 24.5 Å². The molecule has 2 amide bonds. The van der Waals surface area contributed by atoms with Gasteiger partial charge in [0.25, 0.3) is 5.69 Å². The molecule has 1 aliphatic rings. The molecule has 1 aromatic rings. The fourth-order valence-electron chi connectivity index (χ4n) is 2.22. The van der Waals surface area contributed by atoms with Crippen molar-refractivity contribution in [3.8, 4) is 0 Å². The van der Waals surface area contributed by atoms with Crippen LogP contribution in [0.1, 0.15) is 13.3 Å². The first-order valence-corrected chi connectivity index (χ1v) is 8.59. The van der Waals surface area contributed by atoms with Crippen molar-refractivity contribution in [1.29, 1.82) is 0 Å². The Morgan fingerprint density at radius 3 is 2.80 bits per heavy atom. The summed E-state index contributed by atoms with van der Waals surface area (Å²) >= 11 is 1.18. The summed E-state index contributed by atoms with van der Waals surface area (Å²) in [4.78, 5) is 46.1. The minimum Gasteiger partial charge on any atom is -0.464 e. The molecular weight excluding hydrogens is 350 g/mol. The molecule has 0 spiro atoms. The first-order chi connectivity index (χ1) is 11.9. The van der Waals surface area contributed by atoms with Crippen LogP contribution >= 0.6 is 11.8 Å². The fourth-order valence-corrected chi connectivity index (χ4v) is 3.36. The molecule has 2 atom stereocenters. The van der Waals surface area contributed by atoms with E-state index in [0.717, 1.165) is 0 Å². The topological polar surface area (TPSA) is 128 Å². The Hall–Kier alpha value is -2.62. The van der Waals surface area contributed by atoms with E-state index in [1.54, 1.807) is 13.0 Å². The first-order valence-electron chi connectivity index (χ1n) is 7.54. The van der Waals surface area contributed by atoms with Gasteiger partial charge in [-0.05, 0) is 13.0 Å². The van der Waals surface area contributed by atoms with Gasteiger partial charge < -0.3 is 15.4 Å². The van der Waals surface area contributed by atoms with Gasteiger partial charge in [0, 0.05) is 18.2 Å². The maximum absolute atomic E-state index is 12.1. The van der Waals surface area contributed by atoms with Crippen LogP contribution in [0.5, 0.6) is 0 Å². The minimum absolute atomic E-state index is 0.0723. The van der Waals surface area contributed by atoms with Crippen LogP contribution in [0.3, 0.4) is 0 Å². The molecule has 2 N–H and O–H groups in total. The van der Waals surface area contributed by atoms with Gasteiger partial charge >= 0.3 is 5.97 Å². The molecule has 1 heterocycles. The molecule has 134 valence electrons. The Kier molecular flexibility index (Phi) is 6.34. The Labute approximate surface area is 147 Å². The number of rotatable bonds is 6. The molecule has 1 saturated heterocycles. The van der Waals surface area contributed by atoms with Gasteiger partial charge in [0.05, 0.1) is 16.8 Å². The largest absolute Gasteiger partial charge is 0.464 e. The Bertz CT molecular complexity index is 696. The van der Waals surface area contributed by atoms with Crippen LogP contribution in [0.25, 0.3) is 0 Å². The smallest absolute Gasteiger partial charge is 0.329 e. The average molecular weight is 367 g/mol. The normalized spacial score (nSPS) is 19.6. The highest BCUT2D eigenvalue weighted by Gasteiger charge is 2.34. The lowest BCUT2D eigenvalue weighted by Crippen LogP contribution is -2.51. The summed E-state index contributed by atoms with van der Waals surface area (Å²) in [6.45, 7) is 1.89. The van der Waals surface area contributed by atoms with Gasteiger partial charge in [-0.2, -0.15) is 0 Å². The summed E-state index contributed by atoms with van der Waals surface area (Å²) < 4.78 is 4.85. The van der Waals surface area contributed by atoms with E-state index in [0.29, 0.717) is 5.75 Å². The molecule has 9 nitrogen and oxygen atoms in total. The van der Waals surface area contributed by atoms with Gasteiger partial charge in [-0.15, -0.1) is 11.8 Å². The van der Waals surface area contributed by atoms with E-state index in [1.807, 2.05) is 0 Å². The SMILES string of the molecule is CCOC(=O)[C@@H]1CS[C@@H](CC(=O)Nc2ccccc2[N+](=O)[O-])C(=O)N1. The van der Waals surface area contributed by atoms with Crippen LogP contribution in [0.4, 0.5) is 11.4 Å². The molecule has 25 heavy (non-hydrogen) atoms. The maximum atomic E-state index is 12.1. The average Bonchev–Trinajstić information content (AvgIpc) is 2.57. The molecule has 2 rings (SSSR count). The van der Waals surface area contributed by atoms with Gasteiger partial charge in [0.1, 0.15) is 11.7 Å². The molecule has 10 heteroatoms. The number of ether oxygens (including phenoxy) is 1. The van der Waals surface area contributed by atoms with Crippen LogP contribution in [0, 0.1) is 10.1 Å². The number of hydrogen-bond acceptors (Lipinski definition) is 7. The predicted molar refractivity (Wildman–Crippen MR) is 91.2 cm³/mol. The lowest BCUT2D eigenvalue weighted by molar-refractivity contribution is -0.383. The van der Waals surface area contributed by atoms with Crippen LogP contribution < -0.4 is 10.6 Å². The second-order valence-corrected chi connectivity index (χ2v) is 6.40. The van der Waals surface area contributed by atoms with Crippen LogP contribution in [-0.2, 0) is 19.1 Å². The van der Waals surface area contributed by atoms with Crippen LogP contribution in [0.15, 0.2) is 24.3 Å². The van der Waals surface area contributed by atoms with Crippen LogP contribution in [-0.4, -0.2) is 46.4 Å². The number of carbonyl (C=O) groups is 3. The van der Waals surface area contributed by atoms with Gasteiger partial charge in [0.2, 0.25) is 11.8 Å². The quantitative estimate of drug-likeness (QED) is 0.437. The zero-order valence-electron chi connectivity index (χ0n) is 13.4. The van der Waals surface area contributed by atoms with E-state index in [2.05, 4.69) is 10.6 Å². The number of benzene rings is 1. The lowest BCUT2D eigenvalue weighted by atomic mass is 10.2. The number of amides is 2. The number of nitro groups is 1. The van der Waals surface area contributed by atoms with Crippen LogP contribution in [0.2, 0.25) is 0 Å². The summed E-state index contributed by atoms with van der Waals surface area (Å²) in [7, 11) is 0. The second kappa shape index (κ2) is 8.47. The number of nitrogens with one attached hydrogen (secondary N) is 2. The predicted octanol–water partition coefficient (Wildman–Crippen LogP) is 1.09. The number of hydrogen-bond donors (Lipinski definition) is 2. The van der Waals surface area contributed by atoms with E-state index in [4.69, 9.17) is 4.74 Å². The third kappa shape index (κ3) is 4.92. The van der Waals surface area contributed by atoms with Crippen molar-refractivity contribution >= 4 is 40.9 Å². The number of carbonyl (C=O) groups excluding carboxylic acids is 3. The maximum Gasteiger partial charge on any atom is 0.329 e. The third-order valence-corrected chi connectivity index (χ3v) is 4.70.